The van der Waals surface area contributed by atoms with E-state index in [0.717, 1.165) is 13.1 Å². The minimum atomic E-state index is -3.84. The minimum Gasteiger partial charge on any atom is -0.379 e. The average molecular weight is 439 g/mol. The Kier molecular flexibility index (Phi) is 7.07. The molecule has 0 aromatic heterocycles. The summed E-state index contributed by atoms with van der Waals surface area (Å²) in [6, 6.07) is 12.3. The second-order valence-corrected chi connectivity index (χ2v) is 10.5. The highest BCUT2D eigenvalue weighted by molar-refractivity contribution is 7.91. The van der Waals surface area contributed by atoms with Gasteiger partial charge in [-0.25, -0.2) is 21.6 Å². The number of aryl methyl sites for hydroxylation is 1. The quantitative estimate of drug-likeness (QED) is 0.674. The third-order valence-corrected chi connectivity index (χ3v) is 8.21. The first-order chi connectivity index (χ1) is 13.8. The summed E-state index contributed by atoms with van der Waals surface area (Å²) < 4.78 is 59.5. The Morgan fingerprint density at radius 1 is 0.966 bits per heavy atom. The van der Waals surface area contributed by atoms with Crippen LogP contribution < -0.4 is 4.72 Å². The van der Waals surface area contributed by atoms with Gasteiger partial charge in [0, 0.05) is 26.2 Å². The smallest absolute Gasteiger partial charge is 0.240 e. The number of morpholine rings is 1. The standard InChI is InChI=1S/C20H26N2O5S2/c1-2-17-8-9-19(28(23,24)18-6-4-3-5-7-18)16-20(17)29(25,26)21-10-11-22-12-14-27-15-13-22/h3-9,16,21H,2,10-15H2,1H3. The van der Waals surface area contributed by atoms with Gasteiger partial charge in [-0.05, 0) is 36.2 Å². The summed E-state index contributed by atoms with van der Waals surface area (Å²) in [6.45, 7) is 5.50. The van der Waals surface area contributed by atoms with Gasteiger partial charge in [0.05, 0.1) is 27.9 Å². The van der Waals surface area contributed by atoms with Crippen LogP contribution in [0.2, 0.25) is 0 Å². The van der Waals surface area contributed by atoms with Crippen molar-refractivity contribution in [2.75, 3.05) is 39.4 Å². The number of benzene rings is 2. The number of nitrogens with zero attached hydrogens (tertiary/aromatic N) is 1. The molecule has 0 unspecified atom stereocenters. The number of hydrogen-bond acceptors (Lipinski definition) is 6. The molecule has 1 fully saturated rings. The predicted molar refractivity (Wildman–Crippen MR) is 110 cm³/mol. The first-order valence-electron chi connectivity index (χ1n) is 9.57. The molecule has 0 bridgehead atoms. The van der Waals surface area contributed by atoms with Crippen LogP contribution in [0, 0.1) is 0 Å². The van der Waals surface area contributed by atoms with E-state index in [-0.39, 0.29) is 21.2 Å². The van der Waals surface area contributed by atoms with Crippen molar-refractivity contribution < 1.29 is 21.6 Å². The second kappa shape index (κ2) is 9.36. The van der Waals surface area contributed by atoms with E-state index in [2.05, 4.69) is 9.62 Å². The van der Waals surface area contributed by atoms with Gasteiger partial charge in [0.2, 0.25) is 19.9 Å². The molecule has 29 heavy (non-hydrogen) atoms. The predicted octanol–water partition coefficient (Wildman–Crippen LogP) is 1.69. The summed E-state index contributed by atoms with van der Waals surface area (Å²) in [5.74, 6) is 0. The first-order valence-corrected chi connectivity index (χ1v) is 12.5. The van der Waals surface area contributed by atoms with Crippen LogP contribution in [0.5, 0.6) is 0 Å². The van der Waals surface area contributed by atoms with Gasteiger partial charge in [0.15, 0.2) is 0 Å². The molecule has 3 rings (SSSR count). The molecular weight excluding hydrogens is 412 g/mol. The molecule has 9 heteroatoms. The molecule has 0 radical (unpaired) electrons. The van der Waals surface area contributed by atoms with Crippen LogP contribution in [0.3, 0.4) is 0 Å². The number of rotatable bonds is 8. The van der Waals surface area contributed by atoms with Crippen molar-refractivity contribution in [3.63, 3.8) is 0 Å². The number of hydrogen-bond donors (Lipinski definition) is 1. The largest absolute Gasteiger partial charge is 0.379 e. The summed E-state index contributed by atoms with van der Waals surface area (Å²) in [4.78, 5) is 2.24. The maximum atomic E-state index is 12.9. The lowest BCUT2D eigenvalue weighted by Gasteiger charge is -2.26. The fraction of sp³-hybridized carbons (Fsp3) is 0.400. The van der Waals surface area contributed by atoms with E-state index >= 15 is 0 Å². The lowest BCUT2D eigenvalue weighted by molar-refractivity contribution is 0.0390. The van der Waals surface area contributed by atoms with Crippen molar-refractivity contribution in [3.05, 3.63) is 54.1 Å². The molecule has 0 aliphatic carbocycles. The molecule has 7 nitrogen and oxygen atoms in total. The van der Waals surface area contributed by atoms with Crippen molar-refractivity contribution in [1.29, 1.82) is 0 Å². The highest BCUT2D eigenvalue weighted by atomic mass is 32.2. The Morgan fingerprint density at radius 3 is 2.31 bits per heavy atom. The zero-order valence-electron chi connectivity index (χ0n) is 16.4. The van der Waals surface area contributed by atoms with Crippen LogP contribution >= 0.6 is 0 Å². The normalized spacial score (nSPS) is 16.0. The van der Waals surface area contributed by atoms with E-state index in [4.69, 9.17) is 4.74 Å². The van der Waals surface area contributed by atoms with Crippen LogP contribution in [-0.4, -0.2) is 61.1 Å². The van der Waals surface area contributed by atoms with Gasteiger partial charge in [0.1, 0.15) is 0 Å². The second-order valence-electron chi connectivity index (χ2n) is 6.79. The molecule has 1 saturated heterocycles. The fourth-order valence-corrected chi connectivity index (χ4v) is 5.96. The highest BCUT2D eigenvalue weighted by Crippen LogP contribution is 2.26. The lowest BCUT2D eigenvalue weighted by atomic mass is 10.2. The van der Waals surface area contributed by atoms with E-state index in [1.807, 2.05) is 6.92 Å². The number of sulfonamides is 1. The molecule has 1 aliphatic rings. The molecule has 0 spiro atoms. The van der Waals surface area contributed by atoms with Crippen molar-refractivity contribution in [3.8, 4) is 0 Å². The van der Waals surface area contributed by atoms with Crippen LogP contribution in [-0.2, 0) is 31.0 Å². The Hall–Kier alpha value is -1.78. The molecule has 158 valence electrons. The molecular formula is C20H26N2O5S2. The van der Waals surface area contributed by atoms with Gasteiger partial charge in [-0.15, -0.1) is 0 Å². The summed E-state index contributed by atoms with van der Waals surface area (Å²) in [6.07, 6.45) is 0.478. The zero-order valence-corrected chi connectivity index (χ0v) is 18.0. The summed E-state index contributed by atoms with van der Waals surface area (Å²) in [5.41, 5.74) is 0.580. The van der Waals surface area contributed by atoms with Gasteiger partial charge in [-0.1, -0.05) is 31.2 Å². The van der Waals surface area contributed by atoms with E-state index in [0.29, 0.717) is 31.7 Å². The molecule has 2 aromatic rings. The van der Waals surface area contributed by atoms with Crippen LogP contribution in [0.1, 0.15) is 12.5 Å². The van der Waals surface area contributed by atoms with Gasteiger partial charge in [-0.3, -0.25) is 4.90 Å². The molecule has 1 heterocycles. The number of ether oxygens (including phenoxy) is 1. The van der Waals surface area contributed by atoms with Crippen LogP contribution in [0.15, 0.2) is 63.2 Å². The maximum absolute atomic E-state index is 12.9. The zero-order chi connectivity index (χ0) is 20.9. The highest BCUT2D eigenvalue weighted by Gasteiger charge is 2.24. The van der Waals surface area contributed by atoms with Gasteiger partial charge < -0.3 is 4.74 Å². The average Bonchev–Trinajstić information content (AvgIpc) is 2.74. The van der Waals surface area contributed by atoms with Gasteiger partial charge >= 0.3 is 0 Å². The van der Waals surface area contributed by atoms with Crippen molar-refractivity contribution in [1.82, 2.24) is 9.62 Å². The van der Waals surface area contributed by atoms with E-state index in [1.165, 1.54) is 24.3 Å². The monoisotopic (exact) mass is 438 g/mol. The maximum Gasteiger partial charge on any atom is 0.240 e. The first kappa shape index (κ1) is 21.9. The minimum absolute atomic E-state index is 0.0129. The Morgan fingerprint density at radius 2 is 1.66 bits per heavy atom. The summed E-state index contributed by atoms with van der Waals surface area (Å²) in [7, 11) is -7.64. The number of nitrogens with one attached hydrogen (secondary N) is 1. The molecule has 1 N–H and O–H groups in total. The molecule has 1 aliphatic heterocycles. The van der Waals surface area contributed by atoms with Crippen molar-refractivity contribution in [2.24, 2.45) is 0 Å². The fourth-order valence-electron chi connectivity index (χ4n) is 3.22. The summed E-state index contributed by atoms with van der Waals surface area (Å²) in [5, 5.41) is 0. The van der Waals surface area contributed by atoms with Crippen LogP contribution in [0.25, 0.3) is 0 Å². The molecule has 0 atom stereocenters. The Balaban J connectivity index is 1.84. The summed E-state index contributed by atoms with van der Waals surface area (Å²) >= 11 is 0. The third-order valence-electron chi connectivity index (χ3n) is 4.90. The topological polar surface area (TPSA) is 92.8 Å². The molecule has 0 saturated carbocycles. The van der Waals surface area contributed by atoms with Crippen molar-refractivity contribution in [2.45, 2.75) is 28.0 Å². The van der Waals surface area contributed by atoms with Gasteiger partial charge in [-0.2, -0.15) is 0 Å². The van der Waals surface area contributed by atoms with Crippen molar-refractivity contribution >= 4 is 19.9 Å². The van der Waals surface area contributed by atoms with Crippen LogP contribution in [0.4, 0.5) is 0 Å². The lowest BCUT2D eigenvalue weighted by Crippen LogP contribution is -2.41. The van der Waals surface area contributed by atoms with E-state index in [9.17, 15) is 16.8 Å². The Labute approximate surface area is 172 Å². The Bertz CT molecular complexity index is 1030. The molecule has 0 amide bonds. The SMILES string of the molecule is CCc1ccc(S(=O)(=O)c2ccccc2)cc1S(=O)(=O)NCCN1CCOCC1. The van der Waals surface area contributed by atoms with Gasteiger partial charge in [0.25, 0.3) is 0 Å². The third kappa shape index (κ3) is 5.23. The molecule has 2 aromatic carbocycles. The number of sulfone groups is 1. The van der Waals surface area contributed by atoms with E-state index in [1.54, 1.807) is 24.3 Å². The van der Waals surface area contributed by atoms with E-state index < -0.39 is 19.9 Å².